The molecule has 0 radical (unpaired) electrons. The number of fused-ring (bicyclic) bond motifs is 1. The lowest BCUT2D eigenvalue weighted by atomic mass is 9.88. The molecule has 104 valence electrons. The molecule has 0 aromatic carbocycles. The van der Waals surface area contributed by atoms with Gasteiger partial charge in [0.05, 0.1) is 0 Å². The third kappa shape index (κ3) is 2.59. The average Bonchev–Trinajstić information content (AvgIpc) is 2.39. The number of rotatable bonds is 1. The van der Waals surface area contributed by atoms with Gasteiger partial charge in [-0.2, -0.15) is 0 Å². The number of piperazine rings is 1. The summed E-state index contributed by atoms with van der Waals surface area (Å²) in [6.45, 7) is 6.39. The van der Waals surface area contributed by atoms with E-state index < -0.39 is 0 Å². The Morgan fingerprint density at radius 1 is 0.889 bits per heavy atom. The van der Waals surface area contributed by atoms with Crippen LogP contribution >= 0.6 is 0 Å². The fourth-order valence-electron chi connectivity index (χ4n) is 4.32. The summed E-state index contributed by atoms with van der Waals surface area (Å²) >= 11 is 0. The standard InChI is InChI=1S/C15H29N3/c1-12-10-17-9-3-2-4-15(17)11-18(12)14-7-5-13(16)6-8-14/h12-15H,2-11,16H2,1H3. The van der Waals surface area contributed by atoms with Crippen LogP contribution in [0.1, 0.15) is 51.9 Å². The first kappa shape index (κ1) is 12.9. The summed E-state index contributed by atoms with van der Waals surface area (Å²) in [6.07, 6.45) is 9.43. The van der Waals surface area contributed by atoms with Gasteiger partial charge >= 0.3 is 0 Å². The summed E-state index contributed by atoms with van der Waals surface area (Å²) < 4.78 is 0. The average molecular weight is 251 g/mol. The van der Waals surface area contributed by atoms with Crippen LogP contribution in [0.15, 0.2) is 0 Å². The highest BCUT2D eigenvalue weighted by molar-refractivity contribution is 4.93. The molecule has 0 bridgehead atoms. The van der Waals surface area contributed by atoms with E-state index in [1.165, 1.54) is 64.6 Å². The minimum atomic E-state index is 0.479. The zero-order valence-corrected chi connectivity index (χ0v) is 11.9. The molecule has 2 atom stereocenters. The number of nitrogens with two attached hydrogens (primary N) is 1. The van der Waals surface area contributed by atoms with Crippen molar-refractivity contribution in [3.8, 4) is 0 Å². The first-order valence-corrected chi connectivity index (χ1v) is 7.99. The second-order valence-corrected chi connectivity index (χ2v) is 6.76. The van der Waals surface area contributed by atoms with E-state index in [-0.39, 0.29) is 0 Å². The van der Waals surface area contributed by atoms with E-state index in [2.05, 4.69) is 16.7 Å². The minimum Gasteiger partial charge on any atom is -0.328 e. The molecule has 2 unspecified atom stereocenters. The Morgan fingerprint density at radius 3 is 2.44 bits per heavy atom. The molecule has 3 fully saturated rings. The predicted molar refractivity (Wildman–Crippen MR) is 75.6 cm³/mol. The van der Waals surface area contributed by atoms with Crippen molar-refractivity contribution in [2.24, 2.45) is 5.73 Å². The number of hydrogen-bond acceptors (Lipinski definition) is 3. The van der Waals surface area contributed by atoms with Crippen LogP contribution in [-0.4, -0.2) is 53.6 Å². The first-order chi connectivity index (χ1) is 8.74. The van der Waals surface area contributed by atoms with Crippen molar-refractivity contribution in [3.63, 3.8) is 0 Å². The minimum absolute atomic E-state index is 0.479. The highest BCUT2D eigenvalue weighted by Crippen LogP contribution is 2.30. The van der Waals surface area contributed by atoms with Crippen LogP contribution in [0.4, 0.5) is 0 Å². The van der Waals surface area contributed by atoms with Gasteiger partial charge in [0.15, 0.2) is 0 Å². The highest BCUT2D eigenvalue weighted by atomic mass is 15.3. The molecule has 0 aromatic heterocycles. The Balaban J connectivity index is 1.61. The summed E-state index contributed by atoms with van der Waals surface area (Å²) in [5.41, 5.74) is 6.04. The molecule has 2 heterocycles. The predicted octanol–water partition coefficient (Wildman–Crippen LogP) is 1.81. The van der Waals surface area contributed by atoms with E-state index >= 15 is 0 Å². The maximum Gasteiger partial charge on any atom is 0.0224 e. The second kappa shape index (κ2) is 5.48. The van der Waals surface area contributed by atoms with Crippen LogP contribution in [0.3, 0.4) is 0 Å². The lowest BCUT2D eigenvalue weighted by molar-refractivity contribution is -0.0168. The molecule has 3 nitrogen and oxygen atoms in total. The van der Waals surface area contributed by atoms with Gasteiger partial charge in [0.2, 0.25) is 0 Å². The Hall–Kier alpha value is -0.120. The van der Waals surface area contributed by atoms with Crippen molar-refractivity contribution in [3.05, 3.63) is 0 Å². The molecule has 2 N–H and O–H groups in total. The number of piperidine rings is 1. The second-order valence-electron chi connectivity index (χ2n) is 6.76. The van der Waals surface area contributed by atoms with Crippen molar-refractivity contribution in [1.29, 1.82) is 0 Å². The van der Waals surface area contributed by atoms with Gasteiger partial charge in [0.1, 0.15) is 0 Å². The fourth-order valence-corrected chi connectivity index (χ4v) is 4.32. The molecular weight excluding hydrogens is 222 g/mol. The number of nitrogens with zero attached hydrogens (tertiary/aromatic N) is 2. The van der Waals surface area contributed by atoms with E-state index in [1.54, 1.807) is 0 Å². The van der Waals surface area contributed by atoms with Crippen LogP contribution in [0.5, 0.6) is 0 Å². The largest absolute Gasteiger partial charge is 0.328 e. The lowest BCUT2D eigenvalue weighted by Gasteiger charge is -2.51. The molecular formula is C15H29N3. The Labute approximate surface area is 112 Å². The van der Waals surface area contributed by atoms with Gasteiger partial charge in [-0.05, 0) is 52.0 Å². The topological polar surface area (TPSA) is 32.5 Å². The van der Waals surface area contributed by atoms with E-state index in [0.29, 0.717) is 6.04 Å². The van der Waals surface area contributed by atoms with Crippen molar-refractivity contribution in [2.45, 2.75) is 76.0 Å². The van der Waals surface area contributed by atoms with Crippen LogP contribution < -0.4 is 5.73 Å². The van der Waals surface area contributed by atoms with E-state index in [4.69, 9.17) is 5.73 Å². The monoisotopic (exact) mass is 251 g/mol. The van der Waals surface area contributed by atoms with Crippen LogP contribution in [-0.2, 0) is 0 Å². The van der Waals surface area contributed by atoms with Gasteiger partial charge in [0.25, 0.3) is 0 Å². The molecule has 1 saturated carbocycles. The molecule has 3 rings (SSSR count). The van der Waals surface area contributed by atoms with E-state index in [9.17, 15) is 0 Å². The Kier molecular flexibility index (Phi) is 3.92. The van der Waals surface area contributed by atoms with E-state index in [0.717, 1.165) is 18.1 Å². The molecule has 0 spiro atoms. The molecule has 18 heavy (non-hydrogen) atoms. The summed E-state index contributed by atoms with van der Waals surface area (Å²) in [5.74, 6) is 0. The van der Waals surface area contributed by atoms with Gasteiger partial charge in [-0.15, -0.1) is 0 Å². The van der Waals surface area contributed by atoms with Crippen molar-refractivity contribution < 1.29 is 0 Å². The summed E-state index contributed by atoms with van der Waals surface area (Å²) in [4.78, 5) is 5.57. The van der Waals surface area contributed by atoms with Crippen LogP contribution in [0.2, 0.25) is 0 Å². The maximum atomic E-state index is 6.04. The van der Waals surface area contributed by atoms with Gasteiger partial charge in [-0.25, -0.2) is 0 Å². The summed E-state index contributed by atoms with van der Waals surface area (Å²) in [5, 5.41) is 0. The van der Waals surface area contributed by atoms with Crippen molar-refractivity contribution in [1.82, 2.24) is 9.80 Å². The summed E-state index contributed by atoms with van der Waals surface area (Å²) in [6, 6.07) is 2.90. The molecule has 2 saturated heterocycles. The SMILES string of the molecule is CC1CN2CCCCC2CN1C1CCC(N)CC1. The van der Waals surface area contributed by atoms with Gasteiger partial charge in [0, 0.05) is 37.3 Å². The van der Waals surface area contributed by atoms with Crippen LogP contribution in [0.25, 0.3) is 0 Å². The molecule has 3 aliphatic rings. The third-order valence-corrected chi connectivity index (χ3v) is 5.45. The fraction of sp³-hybridized carbons (Fsp3) is 1.00. The highest BCUT2D eigenvalue weighted by Gasteiger charge is 2.36. The van der Waals surface area contributed by atoms with Crippen molar-refractivity contribution >= 4 is 0 Å². The Bertz CT molecular complexity index is 273. The maximum absolute atomic E-state index is 6.04. The molecule has 0 aromatic rings. The summed E-state index contributed by atoms with van der Waals surface area (Å²) in [7, 11) is 0. The molecule has 2 aliphatic heterocycles. The Morgan fingerprint density at radius 2 is 1.67 bits per heavy atom. The molecule has 1 aliphatic carbocycles. The number of hydrogen-bond donors (Lipinski definition) is 1. The molecule has 3 heteroatoms. The first-order valence-electron chi connectivity index (χ1n) is 7.99. The van der Waals surface area contributed by atoms with Gasteiger partial charge in [-0.3, -0.25) is 9.80 Å². The zero-order valence-electron chi connectivity index (χ0n) is 11.9. The lowest BCUT2D eigenvalue weighted by Crippen LogP contribution is -2.61. The van der Waals surface area contributed by atoms with Crippen molar-refractivity contribution in [2.75, 3.05) is 19.6 Å². The smallest absolute Gasteiger partial charge is 0.0224 e. The zero-order chi connectivity index (χ0) is 12.5. The third-order valence-electron chi connectivity index (χ3n) is 5.45. The van der Waals surface area contributed by atoms with Gasteiger partial charge in [-0.1, -0.05) is 6.42 Å². The van der Waals surface area contributed by atoms with Gasteiger partial charge < -0.3 is 5.73 Å². The quantitative estimate of drug-likeness (QED) is 0.771. The van der Waals surface area contributed by atoms with Crippen LogP contribution in [0, 0.1) is 0 Å². The normalized spacial score (nSPS) is 43.7. The molecule has 0 amide bonds. The van der Waals surface area contributed by atoms with E-state index in [1.807, 2.05) is 0 Å².